The number of hydrogen-bond donors (Lipinski definition) is 7. The molecule has 0 fully saturated rings. The van der Waals surface area contributed by atoms with Crippen LogP contribution in [0, 0.1) is 0 Å². The number of thioether (sulfide) groups is 1. The summed E-state index contributed by atoms with van der Waals surface area (Å²) in [7, 11) is 0. The summed E-state index contributed by atoms with van der Waals surface area (Å²) < 4.78 is 0. The van der Waals surface area contributed by atoms with Crippen molar-refractivity contribution in [2.75, 3.05) is 18.6 Å². The largest absolute Gasteiger partial charge is 0.508 e. The fourth-order valence-electron chi connectivity index (χ4n) is 2.85. The monoisotopic (exact) mass is 497 g/mol. The van der Waals surface area contributed by atoms with E-state index in [0.717, 1.165) is 0 Å². The Labute approximate surface area is 201 Å². The molecule has 0 saturated heterocycles. The minimum Gasteiger partial charge on any atom is -0.508 e. The Morgan fingerprint density at radius 1 is 0.971 bits per heavy atom. The Balaban J connectivity index is 3.01. The molecule has 0 spiro atoms. The first-order chi connectivity index (χ1) is 16.0. The maximum Gasteiger partial charge on any atom is 0.322 e. The number of phenolic OH excluding ortho intramolecular Hbond substituents is 1. The van der Waals surface area contributed by atoms with Crippen LogP contribution in [0.3, 0.4) is 0 Å². The van der Waals surface area contributed by atoms with Gasteiger partial charge in [-0.15, -0.1) is 0 Å². The summed E-state index contributed by atoms with van der Waals surface area (Å²) in [5.74, 6) is -3.43. The molecule has 0 aliphatic carbocycles. The summed E-state index contributed by atoms with van der Waals surface area (Å²) in [6.45, 7) is -0.660. The summed E-state index contributed by atoms with van der Waals surface area (Å²) in [5.41, 5.74) is 11.6. The van der Waals surface area contributed by atoms with Gasteiger partial charge in [-0.05, 0) is 42.5 Å². The van der Waals surface area contributed by atoms with E-state index in [0.29, 0.717) is 17.7 Å². The van der Waals surface area contributed by atoms with Crippen molar-refractivity contribution < 1.29 is 34.2 Å². The summed E-state index contributed by atoms with van der Waals surface area (Å²) in [4.78, 5) is 60.0. The molecule has 1 aromatic rings. The topological polar surface area (TPSA) is 214 Å². The highest BCUT2D eigenvalue weighted by atomic mass is 32.2. The van der Waals surface area contributed by atoms with Gasteiger partial charge in [0.25, 0.3) is 0 Å². The van der Waals surface area contributed by atoms with E-state index in [1.54, 1.807) is 0 Å². The zero-order valence-electron chi connectivity index (χ0n) is 18.8. The Morgan fingerprint density at radius 2 is 1.59 bits per heavy atom. The molecule has 0 heterocycles. The average molecular weight is 498 g/mol. The highest BCUT2D eigenvalue weighted by Gasteiger charge is 2.28. The van der Waals surface area contributed by atoms with Crippen LogP contribution in [0.15, 0.2) is 24.3 Å². The molecular weight excluding hydrogens is 466 g/mol. The Kier molecular flexibility index (Phi) is 12.5. The molecule has 4 amide bonds. The number of carboxylic acids is 1. The molecule has 1 rings (SSSR count). The highest BCUT2D eigenvalue weighted by molar-refractivity contribution is 7.98. The second-order valence-electron chi connectivity index (χ2n) is 7.50. The number of nitrogens with two attached hydrogens (primary N) is 2. The van der Waals surface area contributed by atoms with Crippen molar-refractivity contribution in [1.82, 2.24) is 16.0 Å². The van der Waals surface area contributed by atoms with Crippen LogP contribution in [0.2, 0.25) is 0 Å². The lowest BCUT2D eigenvalue weighted by molar-refractivity contribution is -0.138. The molecule has 0 bridgehead atoms. The van der Waals surface area contributed by atoms with Gasteiger partial charge in [0, 0.05) is 12.8 Å². The van der Waals surface area contributed by atoms with Gasteiger partial charge in [-0.25, -0.2) is 0 Å². The maximum absolute atomic E-state index is 13.0. The molecule has 0 radical (unpaired) electrons. The van der Waals surface area contributed by atoms with Crippen LogP contribution in [0.5, 0.6) is 5.75 Å². The molecule has 3 unspecified atom stereocenters. The molecule has 188 valence electrons. The number of phenols is 1. The first-order valence-electron chi connectivity index (χ1n) is 10.4. The fourth-order valence-corrected chi connectivity index (χ4v) is 3.33. The lowest BCUT2D eigenvalue weighted by atomic mass is 10.0. The van der Waals surface area contributed by atoms with Gasteiger partial charge in [0.2, 0.25) is 23.6 Å². The number of aromatic hydroxyl groups is 1. The maximum atomic E-state index is 13.0. The molecule has 9 N–H and O–H groups in total. The van der Waals surface area contributed by atoms with Crippen molar-refractivity contribution in [3.8, 4) is 5.75 Å². The third-order valence-corrected chi connectivity index (χ3v) is 5.35. The van der Waals surface area contributed by atoms with Crippen LogP contribution >= 0.6 is 11.8 Å². The number of hydrogen-bond acceptors (Lipinski definition) is 8. The molecule has 34 heavy (non-hydrogen) atoms. The normalized spacial score (nSPS) is 13.2. The minimum absolute atomic E-state index is 0.00621. The van der Waals surface area contributed by atoms with E-state index in [1.807, 2.05) is 6.26 Å². The van der Waals surface area contributed by atoms with Gasteiger partial charge in [0.15, 0.2) is 0 Å². The average Bonchev–Trinajstić information content (AvgIpc) is 2.78. The van der Waals surface area contributed by atoms with Gasteiger partial charge in [-0.3, -0.25) is 24.0 Å². The van der Waals surface area contributed by atoms with Gasteiger partial charge in [-0.2, -0.15) is 11.8 Å². The van der Waals surface area contributed by atoms with E-state index in [-0.39, 0.29) is 25.0 Å². The standard InChI is InChI=1S/C21H31N5O7S/c1-34-9-8-14(22)19(31)25-15(6-7-17(23)28)21(33)26-16(20(32)24-11-18(29)30)10-12-2-4-13(27)5-3-12/h2-5,14-16,27H,6-11,22H2,1H3,(H2,23,28)(H,24,32)(H,25,31)(H,26,33)(H,29,30). The van der Waals surface area contributed by atoms with E-state index in [9.17, 15) is 29.1 Å². The van der Waals surface area contributed by atoms with Crippen LogP contribution in [0.25, 0.3) is 0 Å². The summed E-state index contributed by atoms with van der Waals surface area (Å²) in [6, 6.07) is 2.60. The van der Waals surface area contributed by atoms with Crippen LogP contribution in [0.4, 0.5) is 0 Å². The number of nitrogens with one attached hydrogen (secondary N) is 3. The lowest BCUT2D eigenvalue weighted by Gasteiger charge is -2.24. The Bertz CT molecular complexity index is 866. The number of carbonyl (C=O) groups excluding carboxylic acids is 4. The van der Waals surface area contributed by atoms with Crippen LogP contribution in [-0.2, 0) is 30.4 Å². The zero-order chi connectivity index (χ0) is 25.7. The number of primary amides is 1. The number of carboxylic acid groups (broad SMARTS) is 1. The van der Waals surface area contributed by atoms with Crippen molar-refractivity contribution >= 4 is 41.4 Å². The van der Waals surface area contributed by atoms with Crippen molar-refractivity contribution in [3.05, 3.63) is 29.8 Å². The molecule has 1 aromatic carbocycles. The quantitative estimate of drug-likeness (QED) is 0.149. The Hall–Kier alpha value is -3.32. The lowest BCUT2D eigenvalue weighted by Crippen LogP contribution is -2.56. The number of amides is 4. The summed E-state index contributed by atoms with van der Waals surface area (Å²) in [5, 5.41) is 25.5. The van der Waals surface area contributed by atoms with Crippen LogP contribution in [-0.4, -0.2) is 76.5 Å². The number of aliphatic carboxylic acids is 1. The highest BCUT2D eigenvalue weighted by Crippen LogP contribution is 2.12. The van der Waals surface area contributed by atoms with E-state index in [4.69, 9.17) is 16.6 Å². The SMILES string of the molecule is CSCCC(N)C(=O)NC(CCC(N)=O)C(=O)NC(Cc1ccc(O)cc1)C(=O)NCC(=O)O. The van der Waals surface area contributed by atoms with Gasteiger partial charge in [0.1, 0.15) is 24.4 Å². The molecule has 3 atom stereocenters. The Morgan fingerprint density at radius 3 is 2.15 bits per heavy atom. The molecular formula is C21H31N5O7S. The van der Waals surface area contributed by atoms with Gasteiger partial charge in [-0.1, -0.05) is 12.1 Å². The molecule has 0 aliphatic heterocycles. The number of carbonyl (C=O) groups is 5. The van der Waals surface area contributed by atoms with Gasteiger partial charge in [0.05, 0.1) is 6.04 Å². The first-order valence-corrected chi connectivity index (χ1v) is 11.8. The minimum atomic E-state index is -1.27. The summed E-state index contributed by atoms with van der Waals surface area (Å²) >= 11 is 1.50. The van der Waals surface area contributed by atoms with Crippen molar-refractivity contribution in [3.63, 3.8) is 0 Å². The van der Waals surface area contributed by atoms with E-state index in [2.05, 4.69) is 16.0 Å². The molecule has 0 aromatic heterocycles. The number of rotatable bonds is 15. The second kappa shape index (κ2) is 14.8. The molecule has 0 saturated carbocycles. The van der Waals surface area contributed by atoms with E-state index >= 15 is 0 Å². The number of benzene rings is 1. The molecule has 13 heteroatoms. The smallest absolute Gasteiger partial charge is 0.322 e. The van der Waals surface area contributed by atoms with Crippen molar-refractivity contribution in [2.45, 2.75) is 43.8 Å². The first kappa shape index (κ1) is 28.7. The second-order valence-corrected chi connectivity index (χ2v) is 8.48. The van der Waals surface area contributed by atoms with Crippen LogP contribution < -0.4 is 27.4 Å². The third kappa shape index (κ3) is 11.0. The zero-order valence-corrected chi connectivity index (χ0v) is 19.6. The predicted octanol–water partition coefficient (Wildman–Crippen LogP) is -1.55. The third-order valence-electron chi connectivity index (χ3n) is 4.71. The van der Waals surface area contributed by atoms with Crippen molar-refractivity contribution in [1.29, 1.82) is 0 Å². The molecule has 12 nitrogen and oxygen atoms in total. The fraction of sp³-hybridized carbons (Fsp3) is 0.476. The van der Waals surface area contributed by atoms with Gasteiger partial charge < -0.3 is 37.6 Å². The molecule has 0 aliphatic rings. The summed E-state index contributed by atoms with van der Waals surface area (Å²) in [6.07, 6.45) is 1.88. The van der Waals surface area contributed by atoms with Crippen LogP contribution in [0.1, 0.15) is 24.8 Å². The predicted molar refractivity (Wildman–Crippen MR) is 126 cm³/mol. The van der Waals surface area contributed by atoms with E-state index in [1.165, 1.54) is 36.0 Å². The van der Waals surface area contributed by atoms with Gasteiger partial charge >= 0.3 is 5.97 Å². The van der Waals surface area contributed by atoms with Crippen molar-refractivity contribution in [2.24, 2.45) is 11.5 Å². The van der Waals surface area contributed by atoms with E-state index < -0.39 is 54.3 Å².